The maximum atomic E-state index is 8.03. The molecule has 417 valence electrons. The zero-order valence-corrected chi connectivity index (χ0v) is 50.4. The molecular formula is C68H54CuN14Pt. The van der Waals surface area contributed by atoms with Gasteiger partial charge in [0.05, 0.1) is 28.6 Å². The van der Waals surface area contributed by atoms with E-state index in [0.29, 0.717) is 22.9 Å². The van der Waals surface area contributed by atoms with Gasteiger partial charge in [-0.25, -0.2) is 24.8 Å². The number of rotatable bonds is 4. The largest absolute Gasteiger partial charge is 2.00 e. The van der Waals surface area contributed by atoms with Crippen LogP contribution in [0.2, 0.25) is 0 Å². The second-order valence-corrected chi connectivity index (χ2v) is 23.5. The molecular weight excluding hydrogens is 1270 g/mol. The average molecular weight is 1330 g/mol. The van der Waals surface area contributed by atoms with Crippen molar-refractivity contribution in [3.05, 3.63) is 240 Å². The minimum absolute atomic E-state index is 0. The number of benzene rings is 6. The molecule has 0 saturated heterocycles. The fourth-order valence-electron chi connectivity index (χ4n) is 12.3. The molecule has 2 aliphatic heterocycles. The van der Waals surface area contributed by atoms with Gasteiger partial charge < -0.3 is 24.9 Å². The van der Waals surface area contributed by atoms with Crippen LogP contribution in [0.25, 0.3) is 94.5 Å². The third-order valence-corrected chi connectivity index (χ3v) is 16.8. The van der Waals surface area contributed by atoms with Crippen molar-refractivity contribution in [1.82, 2.24) is 63.1 Å². The van der Waals surface area contributed by atoms with Crippen molar-refractivity contribution < 1.29 is 38.1 Å². The molecule has 0 amide bonds. The number of hydrogen-bond acceptors (Lipinski definition) is 5. The summed E-state index contributed by atoms with van der Waals surface area (Å²) in [6.45, 7) is 25.2. The Bertz CT molecular complexity index is 4730. The van der Waals surface area contributed by atoms with E-state index in [1.807, 2.05) is 60.8 Å². The number of para-hydroxylation sites is 4. The van der Waals surface area contributed by atoms with Gasteiger partial charge in [0.1, 0.15) is 45.4 Å². The maximum Gasteiger partial charge on any atom is 2.00 e. The van der Waals surface area contributed by atoms with E-state index in [2.05, 4.69) is 200 Å². The molecule has 16 heteroatoms. The standard InChI is InChI=1S/C35H27N7.C33H27N7.Cu.Pt/c1-34(2)28-19-16-23(37-28)24-20-25(36-5)31(38-24)35(3,4)33-40-30-27(42(33)22-14-10-7-11-15-22)18-17-26-29(30)39-32(34)41(26)21-12-8-6-9-13-21;1-32(2)26-18-15-22(35-26)23-19-34-29(36-23)33(3,4)31-38-28-25(40(31)21-13-9-6-10-14-21)17-16-24-27(28)37-30(32)39(24)20-11-7-5-8-12-20;;/h6-20H,1-4H3;5-19H,1-4H3;;/q2*-2;2*+2. The molecule has 0 saturated carbocycles. The van der Waals surface area contributed by atoms with Gasteiger partial charge in [0, 0.05) is 44.4 Å². The number of aromatic nitrogens is 13. The Balaban J connectivity index is 0.000000153. The van der Waals surface area contributed by atoms with Crippen molar-refractivity contribution in [2.45, 2.75) is 77.0 Å². The van der Waals surface area contributed by atoms with E-state index in [1.54, 1.807) is 0 Å². The van der Waals surface area contributed by atoms with Gasteiger partial charge in [0.2, 0.25) is 0 Å². The van der Waals surface area contributed by atoms with Crippen LogP contribution in [-0.4, -0.2) is 43.2 Å². The van der Waals surface area contributed by atoms with Crippen molar-refractivity contribution in [1.29, 1.82) is 0 Å². The third-order valence-electron chi connectivity index (χ3n) is 16.8. The van der Waals surface area contributed by atoms with Crippen molar-refractivity contribution in [3.8, 4) is 45.5 Å². The smallest absolute Gasteiger partial charge is 0.672 e. The summed E-state index contributed by atoms with van der Waals surface area (Å²) >= 11 is 0. The number of fused-ring (bicyclic) bond motifs is 14. The number of imidazole rings is 5. The molecule has 14 nitrogen and oxygen atoms in total. The van der Waals surface area contributed by atoms with Crippen LogP contribution in [0.4, 0.5) is 5.69 Å². The molecule has 0 unspecified atom stereocenters. The van der Waals surface area contributed by atoms with Crippen LogP contribution in [0.1, 0.15) is 102 Å². The Morgan fingerprint density at radius 3 is 1.10 bits per heavy atom. The molecule has 6 aromatic carbocycles. The van der Waals surface area contributed by atoms with Gasteiger partial charge in [-0.15, -0.1) is 22.8 Å². The van der Waals surface area contributed by atoms with Gasteiger partial charge in [-0.1, -0.05) is 162 Å². The van der Waals surface area contributed by atoms with Crippen LogP contribution in [-0.2, 0) is 59.8 Å². The summed E-state index contributed by atoms with van der Waals surface area (Å²) in [5, 5.41) is 0. The van der Waals surface area contributed by atoms with Gasteiger partial charge in [-0.2, -0.15) is 11.4 Å². The van der Waals surface area contributed by atoms with Crippen molar-refractivity contribution in [2.75, 3.05) is 0 Å². The van der Waals surface area contributed by atoms with Crippen LogP contribution in [0.3, 0.4) is 0 Å². The monoisotopic (exact) mass is 1320 g/mol. The van der Waals surface area contributed by atoms with Gasteiger partial charge in [-0.3, -0.25) is 18.3 Å². The van der Waals surface area contributed by atoms with Gasteiger partial charge in [-0.05, 0) is 86.6 Å². The molecule has 2 aliphatic rings. The predicted molar refractivity (Wildman–Crippen MR) is 321 cm³/mol. The Hall–Kier alpha value is -9.05. The molecule has 0 aliphatic carbocycles. The van der Waals surface area contributed by atoms with E-state index < -0.39 is 21.7 Å². The van der Waals surface area contributed by atoms with Crippen LogP contribution in [0.5, 0.6) is 0 Å². The van der Waals surface area contributed by atoms with E-state index in [1.165, 1.54) is 0 Å². The zero-order chi connectivity index (χ0) is 56.0. The Morgan fingerprint density at radius 2 is 0.726 bits per heavy atom. The summed E-state index contributed by atoms with van der Waals surface area (Å²) in [7, 11) is 0. The van der Waals surface area contributed by atoms with Crippen molar-refractivity contribution in [3.63, 3.8) is 0 Å². The molecule has 8 aromatic heterocycles. The molecule has 0 atom stereocenters. The quantitative estimate of drug-likeness (QED) is 0.124. The predicted octanol–water partition coefficient (Wildman–Crippen LogP) is 13.8. The second-order valence-electron chi connectivity index (χ2n) is 23.5. The molecule has 0 spiro atoms. The Morgan fingerprint density at radius 1 is 0.381 bits per heavy atom. The molecule has 16 bridgehead atoms. The Kier molecular flexibility index (Phi) is 12.6. The van der Waals surface area contributed by atoms with E-state index in [4.69, 9.17) is 51.4 Å². The van der Waals surface area contributed by atoms with Crippen molar-refractivity contribution >= 4 is 49.8 Å². The van der Waals surface area contributed by atoms with Gasteiger partial charge in [0.15, 0.2) is 5.69 Å². The Labute approximate surface area is 510 Å². The van der Waals surface area contributed by atoms with Crippen LogP contribution >= 0.6 is 0 Å². The minimum atomic E-state index is -0.705. The van der Waals surface area contributed by atoms with Crippen LogP contribution < -0.4 is 19.9 Å². The average Bonchev–Trinajstić information content (AvgIpc) is 1.67. The summed E-state index contributed by atoms with van der Waals surface area (Å²) in [6, 6.07) is 60.0. The van der Waals surface area contributed by atoms with Gasteiger partial charge >= 0.3 is 38.1 Å². The normalized spacial score (nSPS) is 14.8. The number of hydrogen-bond donors (Lipinski definition) is 0. The van der Waals surface area contributed by atoms with E-state index >= 15 is 0 Å². The fourth-order valence-corrected chi connectivity index (χ4v) is 12.3. The molecule has 14 aromatic rings. The molecule has 10 heterocycles. The molecule has 1 radical (unpaired) electrons. The topological polar surface area (TPSA) is 145 Å². The first kappa shape index (κ1) is 54.2. The van der Waals surface area contributed by atoms with Crippen LogP contribution in [0.15, 0.2) is 182 Å². The van der Waals surface area contributed by atoms with E-state index in [9.17, 15) is 0 Å². The third kappa shape index (κ3) is 7.95. The first-order valence-electron chi connectivity index (χ1n) is 27.6. The summed E-state index contributed by atoms with van der Waals surface area (Å²) in [5.74, 6) is 4.16. The van der Waals surface area contributed by atoms with Crippen molar-refractivity contribution in [2.24, 2.45) is 0 Å². The summed E-state index contributed by atoms with van der Waals surface area (Å²) in [6.07, 6.45) is 1.83. The fraction of sp³-hybridized carbons (Fsp3) is 0.176. The molecule has 84 heavy (non-hydrogen) atoms. The second kappa shape index (κ2) is 19.5. The van der Waals surface area contributed by atoms with Gasteiger partial charge in [0.25, 0.3) is 0 Å². The van der Waals surface area contributed by atoms with E-state index in [0.717, 1.165) is 119 Å². The number of nitrogens with zero attached hydrogens (tertiary/aromatic N) is 14. The molecule has 16 rings (SSSR count). The SMILES string of the molecule is CC1(C)c2ccc([n-]2)-c2cnc([n-]2)C(C)(C)c2nc3c4nc1n(-c1ccccc1)c4ccc3n2-c1ccccc1.[C-]#[N+]c1cc2[n-]c1C(C)(C)c1nc3c4nc(n(-c5ccccc5)c4ccc3n1-c1ccccc1)C(C)(C)c1ccc-2[n-]1.[Cu+2].[Pt+2]. The first-order valence-corrected chi connectivity index (χ1v) is 27.6. The summed E-state index contributed by atoms with van der Waals surface area (Å²) in [5.41, 5.74) is 15.1. The minimum Gasteiger partial charge on any atom is -0.672 e. The molecule has 0 fully saturated rings. The molecule has 0 N–H and O–H groups in total. The first-order chi connectivity index (χ1) is 39.6. The summed E-state index contributed by atoms with van der Waals surface area (Å²) in [4.78, 5) is 50.4. The van der Waals surface area contributed by atoms with Crippen LogP contribution in [0, 0.1) is 6.57 Å². The van der Waals surface area contributed by atoms with E-state index in [-0.39, 0.29) is 38.1 Å². The summed E-state index contributed by atoms with van der Waals surface area (Å²) < 4.78 is 8.93. The zero-order valence-electron chi connectivity index (χ0n) is 47.2. The maximum absolute atomic E-state index is 8.03.